The Morgan fingerprint density at radius 1 is 1.19 bits per heavy atom. The van der Waals surface area contributed by atoms with E-state index in [0.717, 1.165) is 22.0 Å². The van der Waals surface area contributed by atoms with Crippen LogP contribution in [0.4, 0.5) is 0 Å². The molecule has 0 N–H and O–H groups in total. The van der Waals surface area contributed by atoms with Crippen molar-refractivity contribution in [1.82, 2.24) is 9.55 Å². The smallest absolute Gasteiger partial charge is 0.251 e. The third-order valence-corrected chi connectivity index (χ3v) is 6.35. The van der Waals surface area contributed by atoms with Gasteiger partial charge >= 0.3 is 0 Å². The first-order valence-corrected chi connectivity index (χ1v) is 9.77. The second-order valence-corrected chi connectivity index (χ2v) is 7.91. The van der Waals surface area contributed by atoms with E-state index in [1.807, 2.05) is 49.6 Å². The number of hydrogen-bond acceptors (Lipinski definition) is 4. The number of benzene rings is 1. The molecule has 0 amide bonds. The van der Waals surface area contributed by atoms with Gasteiger partial charge in [-0.25, -0.2) is 0 Å². The minimum Gasteiger partial charge on any atom is -0.315 e. The Morgan fingerprint density at radius 3 is 2.65 bits per heavy atom. The SMILES string of the molecule is CSC(C)(CCn1ccc(-c2ccc3cccnc3c2)cc1=O)C(C)=O. The summed E-state index contributed by atoms with van der Waals surface area (Å²) < 4.78 is 1.21. The van der Waals surface area contributed by atoms with E-state index in [-0.39, 0.29) is 11.3 Å². The van der Waals surface area contributed by atoms with Crippen LogP contribution in [0.2, 0.25) is 0 Å². The van der Waals surface area contributed by atoms with Crippen LogP contribution in [0.1, 0.15) is 20.3 Å². The van der Waals surface area contributed by atoms with Crippen LogP contribution in [-0.4, -0.2) is 26.3 Å². The van der Waals surface area contributed by atoms with Crippen molar-refractivity contribution in [2.24, 2.45) is 0 Å². The van der Waals surface area contributed by atoms with Crippen molar-refractivity contribution in [2.75, 3.05) is 6.26 Å². The zero-order valence-electron chi connectivity index (χ0n) is 15.2. The highest BCUT2D eigenvalue weighted by molar-refractivity contribution is 8.00. The lowest BCUT2D eigenvalue weighted by Crippen LogP contribution is -2.32. The van der Waals surface area contributed by atoms with Crippen molar-refractivity contribution in [3.63, 3.8) is 0 Å². The Balaban J connectivity index is 1.85. The minimum absolute atomic E-state index is 0.0596. The molecule has 2 aromatic heterocycles. The van der Waals surface area contributed by atoms with Crippen LogP contribution in [0.25, 0.3) is 22.0 Å². The van der Waals surface area contributed by atoms with E-state index < -0.39 is 4.75 Å². The first-order valence-electron chi connectivity index (χ1n) is 8.55. The molecule has 5 heteroatoms. The number of hydrogen-bond donors (Lipinski definition) is 0. The molecule has 134 valence electrons. The molecular weight excluding hydrogens is 344 g/mol. The van der Waals surface area contributed by atoms with Gasteiger partial charge in [-0.2, -0.15) is 11.8 Å². The number of aromatic nitrogens is 2. The average Bonchev–Trinajstić information content (AvgIpc) is 2.66. The van der Waals surface area contributed by atoms with E-state index in [4.69, 9.17) is 0 Å². The van der Waals surface area contributed by atoms with E-state index in [9.17, 15) is 9.59 Å². The molecule has 0 aliphatic carbocycles. The highest BCUT2D eigenvalue weighted by Gasteiger charge is 2.28. The molecule has 1 unspecified atom stereocenters. The first-order chi connectivity index (χ1) is 12.4. The number of rotatable bonds is 6. The molecule has 0 saturated heterocycles. The maximum absolute atomic E-state index is 12.5. The molecule has 0 spiro atoms. The number of carbonyl (C=O) groups is 1. The summed E-state index contributed by atoms with van der Waals surface area (Å²) in [4.78, 5) is 28.7. The van der Waals surface area contributed by atoms with Crippen LogP contribution in [-0.2, 0) is 11.3 Å². The van der Waals surface area contributed by atoms with Crippen LogP contribution in [0, 0.1) is 0 Å². The molecule has 26 heavy (non-hydrogen) atoms. The Kier molecular flexibility index (Phi) is 5.28. The van der Waals surface area contributed by atoms with Crippen LogP contribution >= 0.6 is 11.8 Å². The van der Waals surface area contributed by atoms with Gasteiger partial charge in [0.15, 0.2) is 0 Å². The van der Waals surface area contributed by atoms with E-state index in [2.05, 4.69) is 4.98 Å². The molecule has 0 saturated carbocycles. The van der Waals surface area contributed by atoms with Crippen molar-refractivity contribution in [3.05, 3.63) is 65.2 Å². The molecule has 1 aromatic carbocycles. The lowest BCUT2D eigenvalue weighted by atomic mass is 10.0. The number of fused-ring (bicyclic) bond motifs is 1. The number of ketones is 1. The Morgan fingerprint density at radius 2 is 1.96 bits per heavy atom. The molecule has 3 aromatic rings. The van der Waals surface area contributed by atoms with E-state index in [1.165, 1.54) is 11.8 Å². The van der Waals surface area contributed by atoms with Crippen LogP contribution in [0.3, 0.4) is 0 Å². The summed E-state index contributed by atoms with van der Waals surface area (Å²) in [5, 5.41) is 1.07. The predicted octanol–water partition coefficient (Wildman–Crippen LogP) is 4.16. The molecular formula is C21H22N2O2S. The van der Waals surface area contributed by atoms with Gasteiger partial charge in [-0.1, -0.05) is 18.2 Å². The van der Waals surface area contributed by atoms with Crippen molar-refractivity contribution in [3.8, 4) is 11.1 Å². The van der Waals surface area contributed by atoms with Crippen molar-refractivity contribution in [2.45, 2.75) is 31.6 Å². The molecule has 4 nitrogen and oxygen atoms in total. The monoisotopic (exact) mass is 366 g/mol. The summed E-state index contributed by atoms with van der Waals surface area (Å²) in [5.74, 6) is 0.137. The number of thioether (sulfide) groups is 1. The van der Waals surface area contributed by atoms with Crippen LogP contribution in [0.15, 0.2) is 59.7 Å². The normalized spacial score (nSPS) is 13.5. The summed E-state index contributed by atoms with van der Waals surface area (Å²) in [6.07, 6.45) is 6.13. The van der Waals surface area contributed by atoms with E-state index in [0.29, 0.717) is 13.0 Å². The van der Waals surface area contributed by atoms with Gasteiger partial charge in [0.05, 0.1) is 10.3 Å². The summed E-state index contributed by atoms with van der Waals surface area (Å²) in [6, 6.07) is 13.5. The molecule has 0 aliphatic rings. The fraction of sp³-hybridized carbons (Fsp3) is 0.286. The minimum atomic E-state index is -0.456. The standard InChI is InChI=1S/C21H22N2O2S/c1-15(24)21(2,26-3)9-12-23-11-8-18(14-20(23)25)17-7-6-16-5-4-10-22-19(16)13-17/h4-8,10-11,13-14H,9,12H2,1-3H3. The molecule has 0 fully saturated rings. The highest BCUT2D eigenvalue weighted by atomic mass is 32.2. The van der Waals surface area contributed by atoms with Gasteiger partial charge in [0.25, 0.3) is 5.56 Å². The quantitative estimate of drug-likeness (QED) is 0.657. The maximum Gasteiger partial charge on any atom is 0.251 e. The summed E-state index contributed by atoms with van der Waals surface area (Å²) in [7, 11) is 0. The Bertz CT molecular complexity index is 1010. The van der Waals surface area contributed by atoms with E-state index >= 15 is 0 Å². The fourth-order valence-corrected chi connectivity index (χ4v) is 3.46. The Labute approximate surface area is 157 Å². The molecule has 1 atom stereocenters. The van der Waals surface area contributed by atoms with Crippen molar-refractivity contribution >= 4 is 28.4 Å². The van der Waals surface area contributed by atoms with Gasteiger partial charge in [-0.15, -0.1) is 0 Å². The highest BCUT2D eigenvalue weighted by Crippen LogP contribution is 2.28. The number of aryl methyl sites for hydroxylation is 1. The summed E-state index contributed by atoms with van der Waals surface area (Å²) >= 11 is 1.53. The molecule has 0 bridgehead atoms. The third-order valence-electron chi connectivity index (χ3n) is 4.96. The van der Waals surface area contributed by atoms with Gasteiger partial charge in [-0.05, 0) is 55.9 Å². The van der Waals surface area contributed by atoms with Crippen LogP contribution < -0.4 is 5.56 Å². The van der Waals surface area contributed by atoms with Crippen molar-refractivity contribution < 1.29 is 4.79 Å². The second kappa shape index (κ2) is 7.46. The lowest BCUT2D eigenvalue weighted by Gasteiger charge is -2.24. The largest absolute Gasteiger partial charge is 0.315 e. The zero-order chi connectivity index (χ0) is 18.7. The molecule has 0 radical (unpaired) electrons. The first kappa shape index (κ1) is 18.4. The number of carbonyl (C=O) groups excluding carboxylic acids is 1. The summed E-state index contributed by atoms with van der Waals surface area (Å²) in [5.41, 5.74) is 2.69. The average molecular weight is 366 g/mol. The molecule has 2 heterocycles. The van der Waals surface area contributed by atoms with Gasteiger partial charge in [0.1, 0.15) is 5.78 Å². The van der Waals surface area contributed by atoms with Crippen LogP contribution in [0.5, 0.6) is 0 Å². The van der Waals surface area contributed by atoms with Gasteiger partial charge in [0.2, 0.25) is 0 Å². The topological polar surface area (TPSA) is 52.0 Å². The Hall–Kier alpha value is -2.40. The molecule has 0 aliphatic heterocycles. The van der Waals surface area contributed by atoms with Gasteiger partial charge < -0.3 is 4.57 Å². The second-order valence-electron chi connectivity index (χ2n) is 6.60. The van der Waals surface area contributed by atoms with Gasteiger partial charge in [-0.3, -0.25) is 14.6 Å². The number of pyridine rings is 2. The fourth-order valence-electron chi connectivity index (χ4n) is 2.87. The van der Waals surface area contributed by atoms with Crippen molar-refractivity contribution in [1.29, 1.82) is 0 Å². The number of Topliss-reactive ketones (excluding diaryl/α,β-unsaturated/α-hetero) is 1. The van der Waals surface area contributed by atoms with Gasteiger partial charge in [0, 0.05) is 30.4 Å². The molecule has 3 rings (SSSR count). The zero-order valence-corrected chi connectivity index (χ0v) is 16.0. The number of nitrogens with zero attached hydrogens (tertiary/aromatic N) is 2. The lowest BCUT2D eigenvalue weighted by molar-refractivity contribution is -0.119. The van der Waals surface area contributed by atoms with E-state index in [1.54, 1.807) is 30.0 Å². The third kappa shape index (κ3) is 3.73. The summed E-state index contributed by atoms with van der Waals surface area (Å²) in [6.45, 7) is 4.06. The maximum atomic E-state index is 12.5. The predicted molar refractivity (Wildman–Crippen MR) is 109 cm³/mol.